The quantitative estimate of drug-likeness (QED) is 0.894. The number of hydrogen-bond donors (Lipinski definition) is 1. The third kappa shape index (κ3) is 4.15. The number of nitrogens with zero attached hydrogens (tertiary/aromatic N) is 3. The largest absolute Gasteiger partial charge is 0.344 e. The summed E-state index contributed by atoms with van der Waals surface area (Å²) < 4.78 is 2.12. The average molecular weight is 354 g/mol. The highest BCUT2D eigenvalue weighted by atomic mass is 16.2. The molecule has 0 saturated carbocycles. The van der Waals surface area contributed by atoms with Crippen molar-refractivity contribution < 1.29 is 4.79 Å². The van der Waals surface area contributed by atoms with Crippen molar-refractivity contribution >= 4 is 5.91 Å². The van der Waals surface area contributed by atoms with Gasteiger partial charge in [0.15, 0.2) is 0 Å². The Kier molecular flexibility index (Phi) is 5.47. The number of aryl methyl sites for hydroxylation is 2. The van der Waals surface area contributed by atoms with Gasteiger partial charge in [0.25, 0.3) is 5.91 Å². The minimum absolute atomic E-state index is 0.0423. The van der Waals surface area contributed by atoms with E-state index in [-0.39, 0.29) is 11.9 Å². The molecule has 0 saturated heterocycles. The normalized spacial score (nSPS) is 15.8. The van der Waals surface area contributed by atoms with E-state index < -0.39 is 0 Å². The van der Waals surface area contributed by atoms with Crippen molar-refractivity contribution in [3.8, 4) is 0 Å². The zero-order valence-electron chi connectivity index (χ0n) is 16.5. The second-order valence-electron chi connectivity index (χ2n) is 7.92. The molecular formula is C21H30N4O. The third-order valence-electron chi connectivity index (χ3n) is 4.98. The third-order valence-corrected chi connectivity index (χ3v) is 4.98. The predicted molar refractivity (Wildman–Crippen MR) is 104 cm³/mol. The molecule has 2 heterocycles. The number of nitrogens with one attached hydrogen (secondary N) is 1. The Morgan fingerprint density at radius 1 is 1.23 bits per heavy atom. The number of hydrogen-bond acceptors (Lipinski definition) is 3. The van der Waals surface area contributed by atoms with Crippen molar-refractivity contribution in [2.45, 2.75) is 53.8 Å². The zero-order chi connectivity index (χ0) is 18.8. The van der Waals surface area contributed by atoms with Crippen LogP contribution in [0.2, 0.25) is 0 Å². The number of carbonyl (C=O) groups excluding carboxylic acids is 1. The first kappa shape index (κ1) is 18.6. The SMILES string of the molecule is Cc1ccc(C(C)NC(=O)c2cn3c(n2)CN(CC(C)C)CC3)c(C)c1. The Bertz CT molecular complexity index is 793. The monoisotopic (exact) mass is 354 g/mol. The summed E-state index contributed by atoms with van der Waals surface area (Å²) in [6.45, 7) is 14.5. The molecule has 0 spiro atoms. The number of amides is 1. The molecule has 2 aromatic rings. The number of carbonyl (C=O) groups is 1. The molecule has 1 amide bonds. The lowest BCUT2D eigenvalue weighted by molar-refractivity contribution is 0.0935. The topological polar surface area (TPSA) is 50.2 Å². The highest BCUT2D eigenvalue weighted by Gasteiger charge is 2.22. The maximum absolute atomic E-state index is 12.7. The van der Waals surface area contributed by atoms with Crippen molar-refractivity contribution in [3.63, 3.8) is 0 Å². The molecular weight excluding hydrogens is 324 g/mol. The van der Waals surface area contributed by atoms with E-state index in [4.69, 9.17) is 0 Å². The fourth-order valence-corrected chi connectivity index (χ4v) is 3.74. The van der Waals surface area contributed by atoms with Crippen LogP contribution in [0.1, 0.15) is 59.8 Å². The van der Waals surface area contributed by atoms with Gasteiger partial charge in [0.2, 0.25) is 0 Å². The van der Waals surface area contributed by atoms with Crippen LogP contribution in [0.25, 0.3) is 0 Å². The Morgan fingerprint density at radius 3 is 2.69 bits per heavy atom. The number of aromatic nitrogens is 2. The second-order valence-corrected chi connectivity index (χ2v) is 7.92. The van der Waals surface area contributed by atoms with Crippen LogP contribution in [0.4, 0.5) is 0 Å². The molecule has 5 nitrogen and oxygen atoms in total. The van der Waals surface area contributed by atoms with E-state index in [0.29, 0.717) is 11.6 Å². The average Bonchev–Trinajstić information content (AvgIpc) is 2.97. The van der Waals surface area contributed by atoms with Gasteiger partial charge >= 0.3 is 0 Å². The van der Waals surface area contributed by atoms with Crippen LogP contribution in [0.15, 0.2) is 24.4 Å². The fraction of sp³-hybridized carbons (Fsp3) is 0.524. The lowest BCUT2D eigenvalue weighted by Crippen LogP contribution is -2.35. The molecule has 0 bridgehead atoms. The van der Waals surface area contributed by atoms with Crippen molar-refractivity contribution in [2.75, 3.05) is 13.1 Å². The molecule has 1 N–H and O–H groups in total. The molecule has 0 radical (unpaired) electrons. The number of fused-ring (bicyclic) bond motifs is 1. The van der Waals surface area contributed by atoms with Gasteiger partial charge in [-0.25, -0.2) is 4.98 Å². The van der Waals surface area contributed by atoms with E-state index in [1.54, 1.807) is 0 Å². The lowest BCUT2D eigenvalue weighted by atomic mass is 10.0. The van der Waals surface area contributed by atoms with Crippen molar-refractivity contribution in [1.29, 1.82) is 0 Å². The summed E-state index contributed by atoms with van der Waals surface area (Å²) >= 11 is 0. The van der Waals surface area contributed by atoms with Crippen LogP contribution < -0.4 is 5.32 Å². The fourth-order valence-electron chi connectivity index (χ4n) is 3.74. The van der Waals surface area contributed by atoms with Gasteiger partial charge in [0.1, 0.15) is 11.5 Å². The van der Waals surface area contributed by atoms with E-state index in [1.165, 1.54) is 11.1 Å². The second kappa shape index (κ2) is 7.62. The summed E-state index contributed by atoms with van der Waals surface area (Å²) in [5.74, 6) is 1.52. The van der Waals surface area contributed by atoms with Gasteiger partial charge in [-0.2, -0.15) is 0 Å². The van der Waals surface area contributed by atoms with Crippen LogP contribution in [0, 0.1) is 19.8 Å². The van der Waals surface area contributed by atoms with E-state index in [0.717, 1.165) is 37.6 Å². The Hall–Kier alpha value is -2.14. The minimum Gasteiger partial charge on any atom is -0.344 e. The molecule has 1 unspecified atom stereocenters. The van der Waals surface area contributed by atoms with Crippen molar-refractivity contribution in [1.82, 2.24) is 19.8 Å². The highest BCUT2D eigenvalue weighted by molar-refractivity contribution is 5.92. The van der Waals surface area contributed by atoms with Crippen LogP contribution >= 0.6 is 0 Å². The molecule has 26 heavy (non-hydrogen) atoms. The molecule has 140 valence electrons. The van der Waals surface area contributed by atoms with E-state index >= 15 is 0 Å². The summed E-state index contributed by atoms with van der Waals surface area (Å²) in [6, 6.07) is 6.29. The zero-order valence-corrected chi connectivity index (χ0v) is 16.5. The predicted octanol–water partition coefficient (Wildman–Crippen LogP) is 3.46. The first-order valence-electron chi connectivity index (χ1n) is 9.50. The maximum atomic E-state index is 12.7. The number of imidazole rings is 1. The lowest BCUT2D eigenvalue weighted by Gasteiger charge is -2.28. The van der Waals surface area contributed by atoms with Gasteiger partial charge in [-0.1, -0.05) is 37.6 Å². The van der Waals surface area contributed by atoms with Gasteiger partial charge in [-0.05, 0) is 37.8 Å². The van der Waals surface area contributed by atoms with Crippen molar-refractivity contribution in [3.05, 3.63) is 52.6 Å². The minimum atomic E-state index is -0.102. The summed E-state index contributed by atoms with van der Waals surface area (Å²) in [5.41, 5.74) is 4.10. The number of rotatable bonds is 5. The Balaban J connectivity index is 1.68. The molecule has 5 heteroatoms. The van der Waals surface area contributed by atoms with Crippen LogP contribution in [-0.4, -0.2) is 33.4 Å². The van der Waals surface area contributed by atoms with Gasteiger partial charge < -0.3 is 9.88 Å². The van der Waals surface area contributed by atoms with Gasteiger partial charge in [0, 0.05) is 25.8 Å². The summed E-state index contributed by atoms with van der Waals surface area (Å²) in [5, 5.41) is 3.10. The molecule has 1 aromatic heterocycles. The van der Waals surface area contributed by atoms with Gasteiger partial charge in [-0.15, -0.1) is 0 Å². The van der Waals surface area contributed by atoms with Crippen molar-refractivity contribution in [2.24, 2.45) is 5.92 Å². The van der Waals surface area contributed by atoms with E-state index in [2.05, 4.69) is 65.7 Å². The van der Waals surface area contributed by atoms with Gasteiger partial charge in [0.05, 0.1) is 12.6 Å². The Morgan fingerprint density at radius 2 is 2.00 bits per heavy atom. The van der Waals surface area contributed by atoms with E-state index in [9.17, 15) is 4.79 Å². The standard InChI is InChI=1S/C21H30N4O/c1-14(2)11-24-8-9-25-12-19(23-20(25)13-24)21(26)22-17(5)18-7-6-15(3)10-16(18)4/h6-7,10,12,14,17H,8-9,11,13H2,1-5H3,(H,22,26). The smallest absolute Gasteiger partial charge is 0.271 e. The summed E-state index contributed by atoms with van der Waals surface area (Å²) in [7, 11) is 0. The molecule has 1 aliphatic rings. The first-order chi connectivity index (χ1) is 12.3. The molecule has 0 fully saturated rings. The molecule has 1 aliphatic heterocycles. The number of benzene rings is 1. The van der Waals surface area contributed by atoms with Gasteiger partial charge in [-0.3, -0.25) is 9.69 Å². The van der Waals surface area contributed by atoms with E-state index in [1.807, 2.05) is 13.1 Å². The molecule has 3 rings (SSSR count). The molecule has 1 atom stereocenters. The summed E-state index contributed by atoms with van der Waals surface area (Å²) in [4.78, 5) is 19.7. The highest BCUT2D eigenvalue weighted by Crippen LogP contribution is 2.20. The Labute approximate surface area is 156 Å². The van der Waals surface area contributed by atoms with Crippen LogP contribution in [-0.2, 0) is 13.1 Å². The summed E-state index contributed by atoms with van der Waals surface area (Å²) in [6.07, 6.45) is 1.89. The first-order valence-corrected chi connectivity index (χ1v) is 9.50. The van der Waals surface area contributed by atoms with Crippen LogP contribution in [0.3, 0.4) is 0 Å². The molecule has 1 aromatic carbocycles. The maximum Gasteiger partial charge on any atom is 0.271 e. The van der Waals surface area contributed by atoms with Crippen LogP contribution in [0.5, 0.6) is 0 Å². The molecule has 0 aliphatic carbocycles.